The van der Waals surface area contributed by atoms with Crippen LogP contribution in [0.2, 0.25) is 0 Å². The van der Waals surface area contributed by atoms with Gasteiger partial charge in [-0.1, -0.05) is 0 Å². The first-order chi connectivity index (χ1) is 5.66. The molecule has 0 aliphatic rings. The van der Waals surface area contributed by atoms with E-state index in [1.165, 1.54) is 0 Å². The Hall–Kier alpha value is -1.09. The Morgan fingerprint density at radius 3 is 2.67 bits per heavy atom. The van der Waals surface area contributed by atoms with Crippen molar-refractivity contribution in [3.05, 3.63) is 23.5 Å². The molecule has 1 heterocycles. The quantitative estimate of drug-likeness (QED) is 0.678. The molecule has 12 heavy (non-hydrogen) atoms. The van der Waals surface area contributed by atoms with Gasteiger partial charge in [-0.05, 0) is 19.2 Å². The Morgan fingerprint density at radius 1 is 1.58 bits per heavy atom. The molecule has 0 bridgehead atoms. The Kier molecular flexibility index (Phi) is 2.65. The van der Waals surface area contributed by atoms with E-state index in [-0.39, 0.29) is 5.78 Å². The van der Waals surface area contributed by atoms with Crippen molar-refractivity contribution in [2.24, 2.45) is 7.05 Å². The van der Waals surface area contributed by atoms with Crippen LogP contribution >= 0.6 is 0 Å². The number of Topliss-reactive ketones (excluding diaryl/α,β-unsaturated/α-hetero) is 1. The van der Waals surface area contributed by atoms with Crippen molar-refractivity contribution in [3.8, 4) is 0 Å². The molecule has 3 nitrogen and oxygen atoms in total. The number of rotatable bonds is 3. The highest BCUT2D eigenvalue weighted by atomic mass is 16.1. The van der Waals surface area contributed by atoms with Gasteiger partial charge in [0, 0.05) is 26.2 Å². The second kappa shape index (κ2) is 3.54. The number of nitrogens with one attached hydrogen (secondary N) is 1. The van der Waals surface area contributed by atoms with Crippen LogP contribution in [0.25, 0.3) is 0 Å². The first-order valence-electron chi connectivity index (χ1n) is 3.97. The van der Waals surface area contributed by atoms with E-state index in [9.17, 15) is 4.79 Å². The number of nitrogens with zero attached hydrogens (tertiary/aromatic N) is 1. The number of hydrogen-bond donors (Lipinski definition) is 1. The molecule has 0 aromatic carbocycles. The summed E-state index contributed by atoms with van der Waals surface area (Å²) in [6.07, 6.45) is 0. The van der Waals surface area contributed by atoms with E-state index in [1.54, 1.807) is 6.92 Å². The van der Waals surface area contributed by atoms with Crippen LogP contribution in [-0.2, 0) is 13.6 Å². The van der Waals surface area contributed by atoms with Crippen LogP contribution in [-0.4, -0.2) is 17.4 Å². The summed E-state index contributed by atoms with van der Waals surface area (Å²) in [6.45, 7) is 2.38. The number of carbonyl (C=O) groups excluding carboxylic acids is 1. The van der Waals surface area contributed by atoms with Crippen molar-refractivity contribution < 1.29 is 4.79 Å². The van der Waals surface area contributed by atoms with Crippen molar-refractivity contribution in [2.45, 2.75) is 13.5 Å². The molecule has 1 rings (SSSR count). The molecule has 1 aromatic heterocycles. The molecule has 0 unspecified atom stereocenters. The van der Waals surface area contributed by atoms with Gasteiger partial charge in [-0.3, -0.25) is 4.79 Å². The van der Waals surface area contributed by atoms with E-state index < -0.39 is 0 Å². The molecule has 3 heteroatoms. The fourth-order valence-electron chi connectivity index (χ4n) is 1.27. The summed E-state index contributed by atoms with van der Waals surface area (Å²) in [5.74, 6) is 0.111. The smallest absolute Gasteiger partial charge is 0.176 e. The molecule has 0 radical (unpaired) electrons. The molecule has 1 aromatic rings. The first-order valence-corrected chi connectivity index (χ1v) is 3.97. The van der Waals surface area contributed by atoms with Gasteiger partial charge < -0.3 is 9.88 Å². The predicted molar refractivity (Wildman–Crippen MR) is 48.2 cm³/mol. The molecule has 0 amide bonds. The lowest BCUT2D eigenvalue weighted by Gasteiger charge is -2.04. The van der Waals surface area contributed by atoms with E-state index in [0.717, 1.165) is 17.9 Å². The minimum absolute atomic E-state index is 0.111. The van der Waals surface area contributed by atoms with Gasteiger partial charge in [-0.15, -0.1) is 0 Å². The van der Waals surface area contributed by atoms with E-state index in [4.69, 9.17) is 0 Å². The summed E-state index contributed by atoms with van der Waals surface area (Å²) in [7, 11) is 3.80. The Labute approximate surface area is 72.4 Å². The summed E-state index contributed by atoms with van der Waals surface area (Å²) in [5.41, 5.74) is 1.89. The maximum Gasteiger partial charge on any atom is 0.176 e. The van der Waals surface area contributed by atoms with Gasteiger partial charge in [-0.25, -0.2) is 0 Å². The molecular weight excluding hydrogens is 152 g/mol. The first kappa shape index (κ1) is 9.00. The number of aromatic nitrogens is 1. The lowest BCUT2D eigenvalue weighted by Crippen LogP contribution is -2.11. The van der Waals surface area contributed by atoms with Crippen LogP contribution in [0.5, 0.6) is 0 Å². The van der Waals surface area contributed by atoms with Gasteiger partial charge in [-0.2, -0.15) is 0 Å². The fraction of sp³-hybridized carbons (Fsp3) is 0.444. The SMILES string of the molecule is CNCc1ccc(C(C)=O)n1C. The minimum atomic E-state index is 0.111. The van der Waals surface area contributed by atoms with Gasteiger partial charge in [0.15, 0.2) is 5.78 Å². The second-order valence-electron chi connectivity index (χ2n) is 2.86. The van der Waals surface area contributed by atoms with Gasteiger partial charge >= 0.3 is 0 Å². The van der Waals surface area contributed by atoms with Gasteiger partial charge in [0.05, 0.1) is 5.69 Å². The average Bonchev–Trinajstić information content (AvgIpc) is 2.34. The van der Waals surface area contributed by atoms with E-state index in [0.29, 0.717) is 0 Å². The number of carbonyl (C=O) groups is 1. The molecule has 0 atom stereocenters. The molecule has 1 N–H and O–H groups in total. The minimum Gasteiger partial charge on any atom is -0.344 e. The average molecular weight is 166 g/mol. The fourth-order valence-corrected chi connectivity index (χ4v) is 1.27. The van der Waals surface area contributed by atoms with Gasteiger partial charge in [0.25, 0.3) is 0 Å². The second-order valence-corrected chi connectivity index (χ2v) is 2.86. The highest BCUT2D eigenvalue weighted by Crippen LogP contribution is 2.07. The molecule has 0 fully saturated rings. The molecular formula is C9H14N2O. The molecule has 0 spiro atoms. The summed E-state index contributed by atoms with van der Waals surface area (Å²) in [5, 5.41) is 3.04. The highest BCUT2D eigenvalue weighted by Gasteiger charge is 2.06. The van der Waals surface area contributed by atoms with Crippen molar-refractivity contribution in [1.29, 1.82) is 0 Å². The highest BCUT2D eigenvalue weighted by molar-refractivity contribution is 5.92. The molecule has 0 saturated heterocycles. The van der Waals surface area contributed by atoms with E-state index >= 15 is 0 Å². The maximum absolute atomic E-state index is 11.0. The van der Waals surface area contributed by atoms with Crippen LogP contribution in [0, 0.1) is 0 Å². The molecule has 66 valence electrons. The van der Waals surface area contributed by atoms with Crippen molar-refractivity contribution in [2.75, 3.05) is 7.05 Å². The zero-order valence-corrected chi connectivity index (χ0v) is 7.72. The van der Waals surface area contributed by atoms with Crippen LogP contribution in [0.1, 0.15) is 23.1 Å². The van der Waals surface area contributed by atoms with E-state index in [2.05, 4.69) is 5.32 Å². The van der Waals surface area contributed by atoms with Crippen molar-refractivity contribution in [3.63, 3.8) is 0 Å². The van der Waals surface area contributed by atoms with Crippen LogP contribution in [0.3, 0.4) is 0 Å². The number of ketones is 1. The third-order valence-corrected chi connectivity index (χ3v) is 1.94. The lowest BCUT2D eigenvalue weighted by atomic mass is 10.3. The summed E-state index contributed by atoms with van der Waals surface area (Å²) >= 11 is 0. The Morgan fingerprint density at radius 2 is 2.25 bits per heavy atom. The third-order valence-electron chi connectivity index (χ3n) is 1.94. The summed E-state index contributed by atoms with van der Waals surface area (Å²) in [4.78, 5) is 11.0. The Balaban J connectivity index is 2.96. The zero-order valence-electron chi connectivity index (χ0n) is 7.72. The molecule has 0 aliphatic heterocycles. The predicted octanol–water partition coefficient (Wildman–Crippen LogP) is 0.947. The van der Waals surface area contributed by atoms with E-state index in [1.807, 2.05) is 30.8 Å². The maximum atomic E-state index is 11.0. The lowest BCUT2D eigenvalue weighted by molar-refractivity contribution is 0.101. The van der Waals surface area contributed by atoms with Crippen LogP contribution in [0.15, 0.2) is 12.1 Å². The standard InChI is InChI=1S/C9H14N2O/c1-7(12)9-5-4-8(6-10-2)11(9)3/h4-5,10H,6H2,1-3H3. The number of hydrogen-bond acceptors (Lipinski definition) is 2. The zero-order chi connectivity index (χ0) is 9.14. The van der Waals surface area contributed by atoms with Crippen LogP contribution < -0.4 is 5.32 Å². The largest absolute Gasteiger partial charge is 0.344 e. The van der Waals surface area contributed by atoms with Crippen molar-refractivity contribution in [1.82, 2.24) is 9.88 Å². The van der Waals surface area contributed by atoms with Gasteiger partial charge in [0.2, 0.25) is 0 Å². The normalized spacial score (nSPS) is 10.2. The van der Waals surface area contributed by atoms with Crippen LogP contribution in [0.4, 0.5) is 0 Å². The van der Waals surface area contributed by atoms with Gasteiger partial charge in [0.1, 0.15) is 0 Å². The Bertz CT molecular complexity index is 289. The topological polar surface area (TPSA) is 34.0 Å². The molecule has 0 aliphatic carbocycles. The third kappa shape index (κ3) is 1.56. The molecule has 0 saturated carbocycles. The van der Waals surface area contributed by atoms with Crippen molar-refractivity contribution >= 4 is 5.78 Å². The summed E-state index contributed by atoms with van der Waals surface area (Å²) in [6, 6.07) is 3.82. The monoisotopic (exact) mass is 166 g/mol. The summed E-state index contributed by atoms with van der Waals surface area (Å²) < 4.78 is 1.92.